The molecule has 0 saturated carbocycles. The molecule has 2 aliphatic heterocycles. The van der Waals surface area contributed by atoms with E-state index in [0.717, 1.165) is 36.1 Å². The molecule has 0 spiro atoms. The highest BCUT2D eigenvalue weighted by molar-refractivity contribution is 7.90. The number of ether oxygens (including phenoxy) is 1. The summed E-state index contributed by atoms with van der Waals surface area (Å²) in [6, 6.07) is 13.0. The zero-order valence-electron chi connectivity index (χ0n) is 20.3. The van der Waals surface area contributed by atoms with Gasteiger partial charge in [0.1, 0.15) is 11.9 Å². The first-order chi connectivity index (χ1) is 16.7. The number of hydrogen-bond donors (Lipinski definition) is 0. The average Bonchev–Trinajstić information content (AvgIpc) is 3.25. The van der Waals surface area contributed by atoms with Gasteiger partial charge in [0.25, 0.3) is 0 Å². The topological polar surface area (TPSA) is 92.7 Å². The van der Waals surface area contributed by atoms with Crippen LogP contribution in [0.2, 0.25) is 0 Å². The molecule has 0 radical (unpaired) electrons. The van der Waals surface area contributed by atoms with Gasteiger partial charge in [0.05, 0.1) is 22.7 Å². The number of nitrogens with zero attached hydrogens (tertiary/aromatic N) is 4. The molecule has 1 aromatic heterocycles. The van der Waals surface area contributed by atoms with E-state index >= 15 is 0 Å². The van der Waals surface area contributed by atoms with Crippen LogP contribution in [0.3, 0.4) is 0 Å². The first kappa shape index (κ1) is 23.5. The second-order valence-corrected chi connectivity index (χ2v) is 11.6. The number of likely N-dealkylation sites (N-methyl/N-ethyl adjacent to an activating group) is 1. The Kier molecular flexibility index (Phi) is 6.13. The number of aryl methyl sites for hydroxylation is 1. The van der Waals surface area contributed by atoms with Crippen molar-refractivity contribution in [3.63, 3.8) is 0 Å². The van der Waals surface area contributed by atoms with Crippen LogP contribution in [0.15, 0.2) is 47.4 Å². The van der Waals surface area contributed by atoms with Crippen LogP contribution in [0.25, 0.3) is 10.9 Å². The molecule has 1 unspecified atom stereocenters. The number of hydrogen-bond acceptors (Lipinski definition) is 7. The van der Waals surface area contributed by atoms with Crippen LogP contribution >= 0.6 is 0 Å². The number of fused-ring (bicyclic) bond motifs is 2. The van der Waals surface area contributed by atoms with E-state index in [0.29, 0.717) is 31.1 Å². The summed E-state index contributed by atoms with van der Waals surface area (Å²) in [4.78, 5) is 26.6. The van der Waals surface area contributed by atoms with E-state index in [4.69, 9.17) is 4.74 Å². The van der Waals surface area contributed by atoms with Gasteiger partial charge in [0, 0.05) is 44.1 Å². The molecule has 184 valence electrons. The van der Waals surface area contributed by atoms with Crippen molar-refractivity contribution >= 4 is 32.6 Å². The Bertz CT molecular complexity index is 1360. The maximum Gasteiger partial charge on any atom is 0.226 e. The Hall–Kier alpha value is -3.20. The Morgan fingerprint density at radius 3 is 2.60 bits per heavy atom. The molecule has 0 N–H and O–H groups in total. The molecule has 3 aromatic rings. The number of carbonyl (C=O) groups is 1. The molecule has 9 heteroatoms. The second-order valence-electron chi connectivity index (χ2n) is 9.59. The van der Waals surface area contributed by atoms with Crippen LogP contribution in [-0.2, 0) is 21.1 Å². The normalized spacial score (nSPS) is 18.4. The minimum atomic E-state index is -3.32. The van der Waals surface area contributed by atoms with Gasteiger partial charge < -0.3 is 14.5 Å². The SMILES string of the molecule is Cc1nc(N2CCC(C(=O)N(C)CC3Cc4ccccc4O3)CC2)nc2cc(S(C)(=O)=O)ccc12. The predicted octanol–water partition coefficient (Wildman–Crippen LogP) is 3.02. The van der Waals surface area contributed by atoms with Gasteiger partial charge in [-0.1, -0.05) is 18.2 Å². The summed E-state index contributed by atoms with van der Waals surface area (Å²) in [5, 5.41) is 0.837. The fourth-order valence-electron chi connectivity index (χ4n) is 5.01. The number of sulfone groups is 1. The third-order valence-electron chi connectivity index (χ3n) is 6.97. The minimum Gasteiger partial charge on any atom is -0.488 e. The molecule has 5 rings (SSSR count). The third kappa shape index (κ3) is 4.82. The fraction of sp³-hybridized carbons (Fsp3) is 0.423. The third-order valence-corrected chi connectivity index (χ3v) is 8.08. The Morgan fingerprint density at radius 2 is 1.89 bits per heavy atom. The summed E-state index contributed by atoms with van der Waals surface area (Å²) in [6.45, 7) is 3.82. The van der Waals surface area contributed by atoms with Gasteiger partial charge in [0.15, 0.2) is 9.84 Å². The molecule has 8 nitrogen and oxygen atoms in total. The summed E-state index contributed by atoms with van der Waals surface area (Å²) in [6.07, 6.45) is 3.45. The van der Waals surface area contributed by atoms with Crippen molar-refractivity contribution in [1.29, 1.82) is 0 Å². The zero-order valence-corrected chi connectivity index (χ0v) is 21.1. The van der Waals surface area contributed by atoms with Gasteiger partial charge in [-0.25, -0.2) is 18.4 Å². The molecule has 2 aromatic carbocycles. The van der Waals surface area contributed by atoms with Crippen molar-refractivity contribution in [3.05, 3.63) is 53.7 Å². The van der Waals surface area contributed by atoms with Crippen LogP contribution in [0, 0.1) is 12.8 Å². The van der Waals surface area contributed by atoms with Gasteiger partial charge in [0.2, 0.25) is 11.9 Å². The summed E-state index contributed by atoms with van der Waals surface area (Å²) in [5.74, 6) is 1.61. The molecule has 35 heavy (non-hydrogen) atoms. The van der Waals surface area contributed by atoms with Gasteiger partial charge in [-0.05, 0) is 49.6 Å². The van der Waals surface area contributed by atoms with Crippen LogP contribution in [-0.4, -0.2) is 68.2 Å². The second kappa shape index (κ2) is 9.11. The Morgan fingerprint density at radius 1 is 1.14 bits per heavy atom. The Labute approximate surface area is 205 Å². The van der Waals surface area contributed by atoms with Crippen molar-refractivity contribution in [2.45, 2.75) is 37.2 Å². The van der Waals surface area contributed by atoms with Gasteiger partial charge >= 0.3 is 0 Å². The van der Waals surface area contributed by atoms with Gasteiger partial charge in [-0.15, -0.1) is 0 Å². The molecule has 1 saturated heterocycles. The molecular weight excluding hydrogens is 464 g/mol. The maximum absolute atomic E-state index is 13.1. The number of anilines is 1. The highest BCUT2D eigenvalue weighted by atomic mass is 32.2. The number of carbonyl (C=O) groups excluding carboxylic acids is 1. The van der Waals surface area contributed by atoms with Crippen LogP contribution in [0.1, 0.15) is 24.1 Å². The van der Waals surface area contributed by atoms with E-state index in [9.17, 15) is 13.2 Å². The molecule has 2 aliphatic rings. The average molecular weight is 495 g/mol. The molecule has 1 fully saturated rings. The van der Waals surface area contributed by atoms with Crippen LogP contribution in [0.4, 0.5) is 5.95 Å². The van der Waals surface area contributed by atoms with E-state index in [1.54, 1.807) is 23.1 Å². The first-order valence-electron chi connectivity index (χ1n) is 11.9. The number of benzene rings is 2. The van der Waals surface area contributed by atoms with E-state index in [2.05, 4.69) is 20.9 Å². The smallest absolute Gasteiger partial charge is 0.226 e. The van der Waals surface area contributed by atoms with Crippen LogP contribution in [0.5, 0.6) is 5.75 Å². The van der Waals surface area contributed by atoms with E-state index < -0.39 is 9.84 Å². The predicted molar refractivity (Wildman–Crippen MR) is 135 cm³/mol. The lowest BCUT2D eigenvalue weighted by molar-refractivity contribution is -0.135. The lowest BCUT2D eigenvalue weighted by Crippen LogP contribution is -2.44. The fourth-order valence-corrected chi connectivity index (χ4v) is 5.66. The summed E-state index contributed by atoms with van der Waals surface area (Å²) in [7, 11) is -1.46. The molecular formula is C26H30N4O4S. The van der Waals surface area contributed by atoms with Crippen molar-refractivity contribution < 1.29 is 17.9 Å². The summed E-state index contributed by atoms with van der Waals surface area (Å²) >= 11 is 0. The highest BCUT2D eigenvalue weighted by Crippen LogP contribution is 2.30. The summed E-state index contributed by atoms with van der Waals surface area (Å²) < 4.78 is 30.0. The maximum atomic E-state index is 13.1. The molecule has 1 atom stereocenters. The molecule has 3 heterocycles. The lowest BCUT2D eigenvalue weighted by atomic mass is 9.95. The Balaban J connectivity index is 1.22. The number of aromatic nitrogens is 2. The van der Waals surface area contributed by atoms with E-state index in [-0.39, 0.29) is 22.8 Å². The monoisotopic (exact) mass is 494 g/mol. The number of piperidine rings is 1. The minimum absolute atomic E-state index is 0.00719. The first-order valence-corrected chi connectivity index (χ1v) is 13.8. The number of para-hydroxylation sites is 1. The van der Waals surface area contributed by atoms with E-state index in [1.165, 1.54) is 11.8 Å². The number of rotatable bonds is 5. The van der Waals surface area contributed by atoms with Crippen LogP contribution < -0.4 is 9.64 Å². The van der Waals surface area contributed by atoms with Gasteiger partial charge in [-0.2, -0.15) is 0 Å². The summed E-state index contributed by atoms with van der Waals surface area (Å²) in [5.41, 5.74) is 2.62. The molecule has 0 aliphatic carbocycles. The van der Waals surface area contributed by atoms with Crippen molar-refractivity contribution in [1.82, 2.24) is 14.9 Å². The largest absolute Gasteiger partial charge is 0.488 e. The number of amides is 1. The van der Waals surface area contributed by atoms with Gasteiger partial charge in [-0.3, -0.25) is 4.79 Å². The van der Waals surface area contributed by atoms with Crippen molar-refractivity contribution in [2.75, 3.05) is 37.8 Å². The van der Waals surface area contributed by atoms with Crippen molar-refractivity contribution in [3.8, 4) is 5.75 Å². The van der Waals surface area contributed by atoms with E-state index in [1.807, 2.05) is 32.2 Å². The quantitative estimate of drug-likeness (QED) is 0.538. The van der Waals surface area contributed by atoms with Crippen molar-refractivity contribution in [2.24, 2.45) is 5.92 Å². The zero-order chi connectivity index (χ0) is 24.7. The standard InChI is InChI=1S/C26H30N4O4S/c1-17-22-9-8-21(35(3,32)33)15-23(22)28-26(27-17)30-12-10-18(11-13-30)25(31)29(2)16-20-14-19-6-4-5-7-24(19)34-20/h4-9,15,18,20H,10-14,16H2,1-3H3. The molecule has 1 amide bonds. The lowest BCUT2D eigenvalue weighted by Gasteiger charge is -2.34. The highest BCUT2D eigenvalue weighted by Gasteiger charge is 2.31. The molecule has 0 bridgehead atoms.